The van der Waals surface area contributed by atoms with Crippen LogP contribution < -0.4 is 5.32 Å². The minimum Gasteiger partial charge on any atom is -0.336 e. The molecule has 0 aromatic rings. The van der Waals surface area contributed by atoms with Crippen molar-refractivity contribution in [3.05, 3.63) is 0 Å². The molecular weight excluding hydrogens is 214 g/mol. The maximum Gasteiger partial charge on any atom is 0.343 e. The minimum atomic E-state index is -0.389. The second-order valence-electron chi connectivity index (χ2n) is 3.38. The Balaban J connectivity index is 2.76. The Morgan fingerprint density at radius 1 is 1.67 bits per heavy atom. The molecule has 0 aromatic heterocycles. The van der Waals surface area contributed by atoms with E-state index in [1.165, 1.54) is 11.8 Å². The summed E-state index contributed by atoms with van der Waals surface area (Å²) in [4.78, 5) is 28.1. The maximum absolute atomic E-state index is 11.5. The van der Waals surface area contributed by atoms with Crippen molar-refractivity contribution in [2.75, 3.05) is 12.3 Å². The van der Waals surface area contributed by atoms with Gasteiger partial charge in [0.2, 0.25) is 5.91 Å². The molecule has 0 spiro atoms. The Morgan fingerprint density at radius 3 is 2.87 bits per heavy atom. The molecule has 6 heteroatoms. The summed E-state index contributed by atoms with van der Waals surface area (Å²) in [5, 5.41) is 3.07. The number of carbonyl (C=O) groups is 2. The average Bonchev–Trinajstić information content (AvgIpc) is 2.47. The van der Waals surface area contributed by atoms with Crippen LogP contribution in [0.2, 0.25) is 0 Å². The Hall–Kier alpha value is -1.04. The number of urea groups is 1. The number of thioether (sulfide) groups is 1. The monoisotopic (exact) mass is 229 g/mol. The SMILES string of the molecule is CCNC(=O)/N=C1\SCC(=O)N1C(C)C. The lowest BCUT2D eigenvalue weighted by Gasteiger charge is -2.19. The fourth-order valence-electron chi connectivity index (χ4n) is 1.24. The van der Waals surface area contributed by atoms with Crippen molar-refractivity contribution in [1.29, 1.82) is 0 Å². The van der Waals surface area contributed by atoms with Crippen molar-refractivity contribution >= 4 is 28.9 Å². The van der Waals surface area contributed by atoms with Crippen LogP contribution in [0, 0.1) is 0 Å². The lowest BCUT2D eigenvalue weighted by Crippen LogP contribution is -2.36. The van der Waals surface area contributed by atoms with Crippen LogP contribution in [-0.2, 0) is 4.79 Å². The topological polar surface area (TPSA) is 61.8 Å². The van der Waals surface area contributed by atoms with Gasteiger partial charge in [0.15, 0.2) is 5.17 Å². The summed E-state index contributed by atoms with van der Waals surface area (Å²) in [5.41, 5.74) is 0. The van der Waals surface area contributed by atoms with Gasteiger partial charge in [0.25, 0.3) is 0 Å². The molecule has 1 aliphatic rings. The van der Waals surface area contributed by atoms with Crippen LogP contribution in [0.1, 0.15) is 20.8 Å². The Morgan fingerprint density at radius 2 is 2.33 bits per heavy atom. The van der Waals surface area contributed by atoms with Gasteiger partial charge in [0, 0.05) is 12.6 Å². The van der Waals surface area contributed by atoms with Crippen molar-refractivity contribution in [3.8, 4) is 0 Å². The molecule has 0 aromatic carbocycles. The predicted molar refractivity (Wildman–Crippen MR) is 60.9 cm³/mol. The average molecular weight is 229 g/mol. The summed E-state index contributed by atoms with van der Waals surface area (Å²) in [6.07, 6.45) is 0. The van der Waals surface area contributed by atoms with Gasteiger partial charge < -0.3 is 5.32 Å². The number of rotatable bonds is 2. The third-order valence-corrected chi connectivity index (χ3v) is 2.78. The van der Waals surface area contributed by atoms with E-state index in [1.807, 2.05) is 20.8 Å². The Kier molecular flexibility index (Phi) is 4.14. The molecule has 0 saturated carbocycles. The van der Waals surface area contributed by atoms with E-state index in [4.69, 9.17) is 0 Å². The molecule has 5 nitrogen and oxygen atoms in total. The predicted octanol–water partition coefficient (Wildman–Crippen LogP) is 1.06. The zero-order valence-electron chi connectivity index (χ0n) is 9.11. The summed E-state index contributed by atoms with van der Waals surface area (Å²) in [6, 6.07) is -0.346. The molecule has 1 fully saturated rings. The summed E-state index contributed by atoms with van der Waals surface area (Å²) in [7, 11) is 0. The third kappa shape index (κ3) is 2.95. The lowest BCUT2D eigenvalue weighted by atomic mass is 10.3. The number of amides is 3. The number of nitrogens with zero attached hydrogens (tertiary/aromatic N) is 2. The highest BCUT2D eigenvalue weighted by molar-refractivity contribution is 8.15. The first-order chi connectivity index (χ1) is 7.06. The van der Waals surface area contributed by atoms with Crippen LogP contribution in [0.3, 0.4) is 0 Å². The number of nitrogens with one attached hydrogen (secondary N) is 1. The van der Waals surface area contributed by atoms with Crippen LogP contribution in [0.5, 0.6) is 0 Å². The normalized spacial score (nSPS) is 19.1. The number of amidine groups is 1. The molecule has 1 N–H and O–H groups in total. The molecule has 1 rings (SSSR count). The zero-order chi connectivity index (χ0) is 11.4. The van der Waals surface area contributed by atoms with Gasteiger partial charge in [-0.15, -0.1) is 0 Å². The quantitative estimate of drug-likeness (QED) is 0.770. The Bertz CT molecular complexity index is 302. The van der Waals surface area contributed by atoms with Crippen molar-refractivity contribution in [3.63, 3.8) is 0 Å². The van der Waals surface area contributed by atoms with Crippen LogP contribution >= 0.6 is 11.8 Å². The molecule has 15 heavy (non-hydrogen) atoms. The lowest BCUT2D eigenvalue weighted by molar-refractivity contribution is -0.125. The van der Waals surface area contributed by atoms with E-state index in [-0.39, 0.29) is 18.0 Å². The molecule has 1 saturated heterocycles. The van der Waals surface area contributed by atoms with Gasteiger partial charge in [-0.3, -0.25) is 9.69 Å². The van der Waals surface area contributed by atoms with E-state index in [9.17, 15) is 9.59 Å². The fraction of sp³-hybridized carbons (Fsp3) is 0.667. The van der Waals surface area contributed by atoms with Gasteiger partial charge in [0.1, 0.15) is 0 Å². The van der Waals surface area contributed by atoms with Crippen LogP contribution in [0.4, 0.5) is 4.79 Å². The zero-order valence-corrected chi connectivity index (χ0v) is 9.93. The molecule has 0 aliphatic carbocycles. The molecule has 0 unspecified atom stereocenters. The molecule has 1 aliphatic heterocycles. The van der Waals surface area contributed by atoms with Crippen LogP contribution in [0.15, 0.2) is 4.99 Å². The van der Waals surface area contributed by atoms with E-state index in [2.05, 4.69) is 10.3 Å². The van der Waals surface area contributed by atoms with Crippen molar-refractivity contribution < 1.29 is 9.59 Å². The maximum atomic E-state index is 11.5. The smallest absolute Gasteiger partial charge is 0.336 e. The van der Waals surface area contributed by atoms with Gasteiger partial charge in [-0.05, 0) is 20.8 Å². The number of hydrogen-bond acceptors (Lipinski definition) is 3. The molecule has 84 valence electrons. The highest BCUT2D eigenvalue weighted by Crippen LogP contribution is 2.21. The largest absolute Gasteiger partial charge is 0.343 e. The van der Waals surface area contributed by atoms with E-state index >= 15 is 0 Å². The number of carbonyl (C=O) groups excluding carboxylic acids is 2. The molecule has 0 atom stereocenters. The van der Waals surface area contributed by atoms with Gasteiger partial charge >= 0.3 is 6.03 Å². The Labute approximate surface area is 93.3 Å². The van der Waals surface area contributed by atoms with Crippen molar-refractivity contribution in [2.24, 2.45) is 4.99 Å². The van der Waals surface area contributed by atoms with E-state index < -0.39 is 0 Å². The summed E-state index contributed by atoms with van der Waals surface area (Å²) < 4.78 is 0. The highest BCUT2D eigenvalue weighted by atomic mass is 32.2. The molecule has 0 bridgehead atoms. The van der Waals surface area contributed by atoms with E-state index in [1.54, 1.807) is 4.90 Å². The van der Waals surface area contributed by atoms with Crippen LogP contribution in [-0.4, -0.2) is 40.3 Å². The summed E-state index contributed by atoms with van der Waals surface area (Å²) >= 11 is 1.31. The molecule has 0 radical (unpaired) electrons. The van der Waals surface area contributed by atoms with Gasteiger partial charge in [-0.2, -0.15) is 4.99 Å². The third-order valence-electron chi connectivity index (χ3n) is 1.84. The molecular formula is C9H15N3O2S. The van der Waals surface area contributed by atoms with Gasteiger partial charge in [0.05, 0.1) is 5.75 Å². The highest BCUT2D eigenvalue weighted by Gasteiger charge is 2.30. The summed E-state index contributed by atoms with van der Waals surface area (Å²) in [6.45, 7) is 6.16. The molecule has 1 heterocycles. The fourth-order valence-corrected chi connectivity index (χ4v) is 2.24. The number of hydrogen-bond donors (Lipinski definition) is 1. The standard InChI is InChI=1S/C9H15N3O2S/c1-4-10-8(14)11-9-12(6(2)3)7(13)5-15-9/h6H,4-5H2,1-3H3,(H,10,14)/b11-9-. The molecule has 3 amide bonds. The van der Waals surface area contributed by atoms with Gasteiger partial charge in [-0.25, -0.2) is 4.79 Å². The second kappa shape index (κ2) is 5.16. The second-order valence-corrected chi connectivity index (χ2v) is 4.32. The minimum absolute atomic E-state index is 0.0121. The van der Waals surface area contributed by atoms with Crippen LogP contribution in [0.25, 0.3) is 0 Å². The first kappa shape index (κ1) is 12.0. The van der Waals surface area contributed by atoms with Crippen molar-refractivity contribution in [2.45, 2.75) is 26.8 Å². The van der Waals surface area contributed by atoms with E-state index in [0.717, 1.165) is 0 Å². The number of aliphatic imine (C=N–C) groups is 1. The first-order valence-electron chi connectivity index (χ1n) is 4.87. The first-order valence-corrected chi connectivity index (χ1v) is 5.86. The van der Waals surface area contributed by atoms with Crippen molar-refractivity contribution in [1.82, 2.24) is 10.2 Å². The summed E-state index contributed by atoms with van der Waals surface area (Å²) in [5.74, 6) is 0.384. The van der Waals surface area contributed by atoms with E-state index in [0.29, 0.717) is 17.5 Å². The van der Waals surface area contributed by atoms with Gasteiger partial charge in [-0.1, -0.05) is 11.8 Å².